The molecule has 0 aromatic rings. The van der Waals surface area contributed by atoms with Gasteiger partial charge in [-0.2, -0.15) is 0 Å². The second kappa shape index (κ2) is 52.7. The topological polar surface area (TPSA) is 948 Å². The lowest BCUT2D eigenvalue weighted by atomic mass is 9.90. The van der Waals surface area contributed by atoms with Crippen LogP contribution < -0.4 is 68.0 Å². The van der Waals surface area contributed by atoms with E-state index in [4.69, 9.17) is 152 Å². The van der Waals surface area contributed by atoms with Crippen LogP contribution in [0.3, 0.4) is 0 Å². The smallest absolute Gasteiger partial charge is 0.220 e. The Labute approximate surface area is 770 Å². The minimum Gasteiger partial charge on any atom is -0.394 e. The number of ether oxygens (including phenoxy) is 20. The van der Waals surface area contributed by atoms with E-state index in [1.54, 1.807) is 0 Å². The highest BCUT2D eigenvalue weighted by Gasteiger charge is 2.56. The monoisotopic (exact) mass is 1980 g/mol. The minimum absolute atomic E-state index is 0.0181. The summed E-state index contributed by atoms with van der Waals surface area (Å²) >= 11 is 0. The Kier molecular flexibility index (Phi) is 44.6. The van der Waals surface area contributed by atoms with Gasteiger partial charge in [0.05, 0.1) is 152 Å². The Morgan fingerprint density at radius 3 is 0.744 bits per heavy atom. The van der Waals surface area contributed by atoms with Crippen LogP contribution in [0.15, 0.2) is 0 Å². The maximum atomic E-state index is 12.7. The Balaban J connectivity index is 0.557. The van der Waals surface area contributed by atoms with Crippen LogP contribution in [0.1, 0.15) is 44.9 Å². The summed E-state index contributed by atoms with van der Waals surface area (Å²) in [6, 6.07) is -13.5. The van der Waals surface area contributed by atoms with Crippen LogP contribution in [0.2, 0.25) is 0 Å². The van der Waals surface area contributed by atoms with E-state index in [-0.39, 0.29) is 70.2 Å². The number of hydrogen-bond acceptors (Lipinski definition) is 56. The molecule has 10 aliphatic rings. The summed E-state index contributed by atoms with van der Waals surface area (Å²) in [4.78, 5) is 25.4. The Hall–Kier alpha value is -2.44. The first-order valence-electron chi connectivity index (χ1n) is 44.0. The fourth-order valence-corrected chi connectivity index (χ4v) is 18.3. The van der Waals surface area contributed by atoms with Gasteiger partial charge in [0.15, 0.2) is 62.9 Å². The minimum atomic E-state index is -1.73. The quantitative estimate of drug-likeness (QED) is 0.0199. The molecule has 0 spiro atoms. The normalized spacial score (nSPS) is 46.7. The molecule has 776 valence electrons. The number of amides is 2. The highest BCUT2D eigenvalue weighted by Crippen LogP contribution is 2.36. The molecule has 10 rings (SSSR count). The van der Waals surface area contributed by atoms with E-state index in [2.05, 4.69) is 10.6 Å². The molecule has 0 aromatic heterocycles. The number of aliphatic hydroxyl groups excluding tert-OH is 22. The van der Waals surface area contributed by atoms with Gasteiger partial charge >= 0.3 is 0 Å². The molecular weight excluding hydrogens is 1840 g/mol. The van der Waals surface area contributed by atoms with Crippen LogP contribution in [-0.4, -0.2) is 534 Å². The SMILES string of the molecule is NC1C(O)CC(CO)(CO[C@@H]2OC(CO[C@@H]3OC(CO[C@@H]4OC(CO[C@@H]5OC(CO)[C@@H](O)C(O)C5N)[C@@H](O)C(O)C4N)[C@@H](O)C(O)C3N)[C@@H](O)C(O)C2N)O[C@H]1OCCCNC(=O)CCCSSCCCC(=O)NCCCO[C@@H]1OC(CO[C@@H]2OC(CO[C@@H]3OC(CO[C@@H]4OC(CO[C@@H]5OC(CO)[C@@H](O)C(O)C5N)[C@@H](O)C(O)C4N)[C@@H](O)C(O)C3N)[C@@H](O)C(O)C2N)[C@@H](O)C(O)[C@@H]1N. The van der Waals surface area contributed by atoms with E-state index in [0.717, 1.165) is 0 Å². The van der Waals surface area contributed by atoms with Crippen LogP contribution in [0.5, 0.6) is 0 Å². The Bertz CT molecular complexity index is 3410. The molecule has 0 bridgehead atoms. The molecule has 2 amide bonds. The van der Waals surface area contributed by atoms with Crippen molar-refractivity contribution in [1.29, 1.82) is 0 Å². The van der Waals surface area contributed by atoms with Gasteiger partial charge in [-0.1, -0.05) is 21.6 Å². The predicted octanol–water partition coefficient (Wildman–Crippen LogP) is -20.8. The standard InChI is InChI=1S/C75H140N12O44S2/c76-37-25(91)13-75(23-90,24-121-73-46(85)64(111)55(102)34(130-73)22-120-72-45(84)63(110)54(101)33(129-72)21-118-70-43(82)60(107)51(98)30(126-70)18-115-67-40(79)57(104)48(95)27(15-89)123-67)131-74(37)113-10-4-8-87-36(93)6-2-12-133-132-11-1-5-35(92)86-7-3-9-112-65-38(77)58(105)49(96)28(124-65)16-116-68-41(80)61(108)52(99)31(127-68)19-119-71-44(83)62(109)53(100)32(128-71)20-117-69-42(81)59(106)50(97)29(125-69)17-114-66-39(78)56(103)47(94)26(14-88)122-66/h25-34,37-74,88-91,94-111H,1-24,76-85H2,(H,86,92)(H,87,93)/t25?,26?,27?,28?,29?,30?,31?,32?,33?,34?,37?,38-,39?,40?,41?,42?,43?,44?,45?,46?,47+,48+,49+,50+,51+,52+,53+,54+,55+,56?,57?,58?,59?,60?,61?,62?,63?,64?,65+,66+,67+,68+,69+,70+,71+,72+,73+,74+,75?/m0/s1. The molecule has 0 saturated carbocycles. The van der Waals surface area contributed by atoms with Crippen molar-refractivity contribution in [3.63, 3.8) is 0 Å². The van der Waals surface area contributed by atoms with Crippen LogP contribution in [0, 0.1) is 0 Å². The molecule has 0 aliphatic carbocycles. The highest BCUT2D eigenvalue weighted by molar-refractivity contribution is 8.76. The Morgan fingerprint density at radius 2 is 0.504 bits per heavy atom. The first-order chi connectivity index (χ1) is 63.2. The van der Waals surface area contributed by atoms with Gasteiger partial charge in [0.1, 0.15) is 170 Å². The molecule has 10 heterocycles. The lowest BCUT2D eigenvalue weighted by Gasteiger charge is -2.47. The average Bonchev–Trinajstić information content (AvgIpc) is 0.809. The van der Waals surface area contributed by atoms with Gasteiger partial charge in [0, 0.05) is 43.9 Å². The number of nitrogens with two attached hydrogens (primary N) is 10. The van der Waals surface area contributed by atoms with Crippen molar-refractivity contribution in [1.82, 2.24) is 10.6 Å². The van der Waals surface area contributed by atoms with Crippen molar-refractivity contribution < 1.29 is 217 Å². The summed E-state index contributed by atoms with van der Waals surface area (Å²) < 4.78 is 116. The predicted molar refractivity (Wildman–Crippen MR) is 443 cm³/mol. The van der Waals surface area contributed by atoms with Crippen LogP contribution in [-0.2, 0) is 104 Å². The lowest BCUT2D eigenvalue weighted by molar-refractivity contribution is -0.326. The third-order valence-corrected chi connectivity index (χ3v) is 27.3. The van der Waals surface area contributed by atoms with E-state index in [1.165, 1.54) is 21.6 Å². The van der Waals surface area contributed by atoms with Crippen molar-refractivity contribution in [3.8, 4) is 0 Å². The number of aliphatic hydroxyl groups is 22. The third kappa shape index (κ3) is 28.8. The number of nitrogens with one attached hydrogen (secondary N) is 2. The molecular formula is C75H140N12O44S2. The number of carbonyl (C=O) groups excluding carboxylic acids is 2. The summed E-state index contributed by atoms with van der Waals surface area (Å²) in [5, 5.41) is 241. The molecule has 10 fully saturated rings. The second-order valence-corrected chi connectivity index (χ2v) is 37.3. The molecule has 58 heteroatoms. The van der Waals surface area contributed by atoms with E-state index in [0.29, 0.717) is 24.3 Å². The van der Waals surface area contributed by atoms with Crippen molar-refractivity contribution in [2.24, 2.45) is 57.3 Å². The summed E-state index contributed by atoms with van der Waals surface area (Å²) in [7, 11) is 3.07. The van der Waals surface area contributed by atoms with Crippen molar-refractivity contribution in [2.45, 2.75) is 345 Å². The van der Waals surface area contributed by atoms with Gasteiger partial charge in [-0.3, -0.25) is 9.59 Å². The largest absolute Gasteiger partial charge is 0.394 e. The molecule has 133 heavy (non-hydrogen) atoms. The number of hydrogen-bond donors (Lipinski definition) is 34. The molecule has 49 atom stereocenters. The van der Waals surface area contributed by atoms with Crippen molar-refractivity contribution in [2.75, 3.05) is 110 Å². The molecule has 56 nitrogen and oxygen atoms in total. The maximum absolute atomic E-state index is 12.7. The molecule has 0 radical (unpaired) electrons. The van der Waals surface area contributed by atoms with Gasteiger partial charge < -0.3 is 275 Å². The number of carbonyl (C=O) groups is 2. The van der Waals surface area contributed by atoms with Gasteiger partial charge in [0.25, 0.3) is 0 Å². The molecule has 10 aliphatic heterocycles. The van der Waals surface area contributed by atoms with E-state index < -0.39 is 373 Å². The van der Waals surface area contributed by atoms with Gasteiger partial charge in [-0.25, -0.2) is 0 Å². The zero-order chi connectivity index (χ0) is 97.3. The first-order valence-corrected chi connectivity index (χ1v) is 46.5. The van der Waals surface area contributed by atoms with Crippen molar-refractivity contribution >= 4 is 33.4 Å². The molecule has 44 N–H and O–H groups in total. The summed E-state index contributed by atoms with van der Waals surface area (Å²) in [6.07, 6.45) is -56.5. The van der Waals surface area contributed by atoms with E-state index >= 15 is 0 Å². The van der Waals surface area contributed by atoms with Crippen molar-refractivity contribution in [3.05, 3.63) is 0 Å². The highest BCUT2D eigenvalue weighted by atomic mass is 33.1. The van der Waals surface area contributed by atoms with Gasteiger partial charge in [-0.15, -0.1) is 0 Å². The van der Waals surface area contributed by atoms with Gasteiger partial charge in [-0.05, 0) is 25.7 Å². The van der Waals surface area contributed by atoms with E-state index in [9.17, 15) is 122 Å². The van der Waals surface area contributed by atoms with Crippen LogP contribution >= 0.6 is 21.6 Å². The fraction of sp³-hybridized carbons (Fsp3) is 0.973. The zero-order valence-corrected chi connectivity index (χ0v) is 74.2. The van der Waals surface area contributed by atoms with Crippen LogP contribution in [0.25, 0.3) is 0 Å². The first kappa shape index (κ1) is 113. The average molecular weight is 1980 g/mol. The molecule has 0 aromatic carbocycles. The maximum Gasteiger partial charge on any atom is 0.220 e. The van der Waals surface area contributed by atoms with Gasteiger partial charge in [0.2, 0.25) is 11.8 Å². The fourth-order valence-electron chi connectivity index (χ4n) is 16.1. The molecule has 10 saturated heterocycles. The Morgan fingerprint density at radius 1 is 0.286 bits per heavy atom. The zero-order valence-electron chi connectivity index (χ0n) is 72.6. The summed E-state index contributed by atoms with van der Waals surface area (Å²) in [5.74, 6) is 0.814. The van der Waals surface area contributed by atoms with Crippen LogP contribution in [0.4, 0.5) is 0 Å². The third-order valence-electron chi connectivity index (χ3n) is 24.8. The second-order valence-electron chi connectivity index (χ2n) is 34.6. The molecule has 29 unspecified atom stereocenters. The number of rotatable bonds is 46. The summed E-state index contributed by atoms with van der Waals surface area (Å²) in [6.45, 7) is -6.43. The lowest BCUT2D eigenvalue weighted by Crippen LogP contribution is -2.66. The van der Waals surface area contributed by atoms with E-state index in [1.807, 2.05) is 0 Å². The summed E-state index contributed by atoms with van der Waals surface area (Å²) in [5.41, 5.74) is 59.8.